The fourth-order valence-corrected chi connectivity index (χ4v) is 4.16. The van der Waals surface area contributed by atoms with Gasteiger partial charge in [0.25, 0.3) is 5.91 Å². The second kappa shape index (κ2) is 8.47. The minimum Gasteiger partial charge on any atom is -0.435 e. The van der Waals surface area contributed by atoms with Crippen LogP contribution in [0.2, 0.25) is 5.02 Å². The van der Waals surface area contributed by atoms with Gasteiger partial charge in [0.15, 0.2) is 0 Å². The molecule has 1 aromatic heterocycles. The number of hydrogen-bond acceptors (Lipinski definition) is 5. The Balaban J connectivity index is 1.67. The number of ether oxygens (including phenoxy) is 1. The molecule has 1 aliphatic rings. The van der Waals surface area contributed by atoms with Crippen LogP contribution in [-0.4, -0.2) is 23.4 Å². The zero-order chi connectivity index (χ0) is 23.9. The standard InChI is InChI=1S/C23H19ClF2N2O5/c1-3-12-8-18-16(10-17(12)24)13(9-19(29)33-18)11-28-20(30)23(2,27-22(28)31)14-4-6-15(7-5-14)32-21(25)26/h4-10,21H,3,11H2,1-2H3,(H,27,31)/t23-/m0/s1. The summed E-state index contributed by atoms with van der Waals surface area (Å²) in [5, 5.41) is 3.63. The molecule has 7 nitrogen and oxygen atoms in total. The summed E-state index contributed by atoms with van der Waals surface area (Å²) in [7, 11) is 0. The number of rotatable bonds is 6. The van der Waals surface area contributed by atoms with Crippen molar-refractivity contribution in [1.82, 2.24) is 10.2 Å². The Hall–Kier alpha value is -3.46. The molecule has 0 radical (unpaired) electrons. The van der Waals surface area contributed by atoms with Crippen LogP contribution in [0.5, 0.6) is 5.75 Å². The van der Waals surface area contributed by atoms with E-state index in [1.165, 1.54) is 37.3 Å². The van der Waals surface area contributed by atoms with E-state index in [4.69, 9.17) is 16.0 Å². The van der Waals surface area contributed by atoms with Crippen LogP contribution in [0.1, 0.15) is 30.5 Å². The van der Waals surface area contributed by atoms with Gasteiger partial charge in [0.2, 0.25) is 0 Å². The van der Waals surface area contributed by atoms with Crippen molar-refractivity contribution in [3.63, 3.8) is 0 Å². The van der Waals surface area contributed by atoms with Crippen LogP contribution in [0.4, 0.5) is 13.6 Å². The highest BCUT2D eigenvalue weighted by molar-refractivity contribution is 6.32. The number of alkyl halides is 2. The first-order valence-electron chi connectivity index (χ1n) is 10.1. The minimum absolute atomic E-state index is 0.0724. The van der Waals surface area contributed by atoms with Gasteiger partial charge in [-0.3, -0.25) is 9.69 Å². The predicted octanol–water partition coefficient (Wildman–Crippen LogP) is 4.58. The van der Waals surface area contributed by atoms with Gasteiger partial charge in [-0.15, -0.1) is 0 Å². The molecule has 1 aliphatic heterocycles. The molecule has 0 spiro atoms. The van der Waals surface area contributed by atoms with Gasteiger partial charge in [-0.1, -0.05) is 30.7 Å². The van der Waals surface area contributed by atoms with Gasteiger partial charge in [-0.2, -0.15) is 8.78 Å². The molecular weight excluding hydrogens is 458 g/mol. The van der Waals surface area contributed by atoms with E-state index in [1.54, 1.807) is 12.1 Å². The second-order valence-electron chi connectivity index (χ2n) is 7.73. The number of carbonyl (C=O) groups is 2. The minimum atomic E-state index is -2.98. The smallest absolute Gasteiger partial charge is 0.387 e. The summed E-state index contributed by atoms with van der Waals surface area (Å²) in [5.41, 5.74) is -0.152. The zero-order valence-corrected chi connectivity index (χ0v) is 18.4. The summed E-state index contributed by atoms with van der Waals surface area (Å²) in [5.74, 6) is -0.635. The van der Waals surface area contributed by atoms with Crippen molar-refractivity contribution in [2.24, 2.45) is 0 Å². The Kier molecular flexibility index (Phi) is 5.84. The van der Waals surface area contributed by atoms with Crippen molar-refractivity contribution in [3.05, 3.63) is 74.6 Å². The first-order chi connectivity index (χ1) is 15.6. The van der Waals surface area contributed by atoms with Gasteiger partial charge in [-0.25, -0.2) is 9.59 Å². The van der Waals surface area contributed by atoms with Crippen molar-refractivity contribution >= 4 is 34.5 Å². The average molecular weight is 477 g/mol. The van der Waals surface area contributed by atoms with Crippen LogP contribution in [0.15, 0.2) is 51.7 Å². The van der Waals surface area contributed by atoms with E-state index >= 15 is 0 Å². The van der Waals surface area contributed by atoms with Crippen molar-refractivity contribution in [2.75, 3.05) is 0 Å². The molecular formula is C23H19ClF2N2O5. The number of fused-ring (bicyclic) bond motifs is 1. The lowest BCUT2D eigenvalue weighted by Gasteiger charge is -2.22. The number of halogens is 3. The third kappa shape index (κ3) is 4.16. The molecule has 3 aromatic rings. The summed E-state index contributed by atoms with van der Waals surface area (Å²) in [6.07, 6.45) is 0.634. The van der Waals surface area contributed by atoms with Crippen molar-refractivity contribution in [1.29, 1.82) is 0 Å². The molecule has 0 bridgehead atoms. The van der Waals surface area contributed by atoms with E-state index in [1.807, 2.05) is 6.92 Å². The number of hydrogen-bond donors (Lipinski definition) is 1. The van der Waals surface area contributed by atoms with Gasteiger partial charge in [0.1, 0.15) is 16.9 Å². The lowest BCUT2D eigenvalue weighted by Crippen LogP contribution is -2.40. The van der Waals surface area contributed by atoms with E-state index in [9.17, 15) is 23.2 Å². The van der Waals surface area contributed by atoms with Gasteiger partial charge in [0, 0.05) is 16.5 Å². The summed E-state index contributed by atoms with van der Waals surface area (Å²) in [6, 6.07) is 9.31. The molecule has 0 aliphatic carbocycles. The molecule has 1 saturated heterocycles. The quantitative estimate of drug-likeness (QED) is 0.415. The fraction of sp³-hybridized carbons (Fsp3) is 0.261. The Morgan fingerprint density at radius 2 is 1.82 bits per heavy atom. The second-order valence-corrected chi connectivity index (χ2v) is 8.14. The SMILES string of the molecule is CCc1cc2oc(=O)cc(CN3C(=O)N[C@@](C)(c4ccc(OC(F)F)cc4)C3=O)c2cc1Cl. The van der Waals surface area contributed by atoms with Crippen LogP contribution >= 0.6 is 11.6 Å². The first kappa shape index (κ1) is 22.7. The highest BCUT2D eigenvalue weighted by Gasteiger charge is 2.49. The number of nitrogens with one attached hydrogen (secondary N) is 1. The molecule has 172 valence electrons. The molecule has 2 aromatic carbocycles. The Morgan fingerprint density at radius 3 is 2.45 bits per heavy atom. The number of nitrogens with zero attached hydrogens (tertiary/aromatic N) is 1. The fourth-order valence-electron chi connectivity index (χ4n) is 3.87. The van der Waals surface area contributed by atoms with Crippen LogP contribution < -0.4 is 15.7 Å². The van der Waals surface area contributed by atoms with Crippen LogP contribution in [0, 0.1) is 0 Å². The lowest BCUT2D eigenvalue weighted by molar-refractivity contribution is -0.131. The molecule has 2 heterocycles. The molecule has 0 unspecified atom stereocenters. The summed E-state index contributed by atoms with van der Waals surface area (Å²) < 4.78 is 34.4. The maximum absolute atomic E-state index is 13.3. The molecule has 1 N–H and O–H groups in total. The lowest BCUT2D eigenvalue weighted by atomic mass is 9.92. The molecule has 4 rings (SSSR count). The first-order valence-corrected chi connectivity index (χ1v) is 10.4. The normalized spacial score (nSPS) is 18.3. The Morgan fingerprint density at radius 1 is 1.12 bits per heavy atom. The highest BCUT2D eigenvalue weighted by Crippen LogP contribution is 2.33. The van der Waals surface area contributed by atoms with Gasteiger partial charge in [-0.05, 0) is 54.3 Å². The van der Waals surface area contributed by atoms with E-state index in [0.717, 1.165) is 10.5 Å². The number of aryl methyl sites for hydroxylation is 1. The summed E-state index contributed by atoms with van der Waals surface area (Å²) in [6.45, 7) is 0.263. The van der Waals surface area contributed by atoms with E-state index < -0.39 is 29.7 Å². The van der Waals surface area contributed by atoms with Gasteiger partial charge in [0.05, 0.1) is 6.54 Å². The van der Waals surface area contributed by atoms with Crippen LogP contribution in [0.25, 0.3) is 11.0 Å². The zero-order valence-electron chi connectivity index (χ0n) is 17.7. The number of amides is 3. The maximum Gasteiger partial charge on any atom is 0.387 e. The summed E-state index contributed by atoms with van der Waals surface area (Å²) >= 11 is 6.32. The molecule has 33 heavy (non-hydrogen) atoms. The molecule has 1 fully saturated rings. The number of urea groups is 1. The highest BCUT2D eigenvalue weighted by atomic mass is 35.5. The molecule has 0 saturated carbocycles. The van der Waals surface area contributed by atoms with Gasteiger partial charge < -0.3 is 14.5 Å². The van der Waals surface area contributed by atoms with Crippen molar-refractivity contribution in [3.8, 4) is 5.75 Å². The summed E-state index contributed by atoms with van der Waals surface area (Å²) in [4.78, 5) is 39.1. The average Bonchev–Trinajstić information content (AvgIpc) is 2.97. The largest absolute Gasteiger partial charge is 0.435 e. The topological polar surface area (TPSA) is 88.8 Å². The molecule has 10 heteroatoms. The van der Waals surface area contributed by atoms with E-state index in [2.05, 4.69) is 10.1 Å². The van der Waals surface area contributed by atoms with Gasteiger partial charge >= 0.3 is 18.3 Å². The van der Waals surface area contributed by atoms with Crippen molar-refractivity contribution < 1.29 is 27.5 Å². The predicted molar refractivity (Wildman–Crippen MR) is 116 cm³/mol. The monoisotopic (exact) mass is 476 g/mol. The Labute approximate surface area is 191 Å². The maximum atomic E-state index is 13.3. The molecule has 3 amide bonds. The molecule has 1 atom stereocenters. The van der Waals surface area contributed by atoms with Crippen LogP contribution in [-0.2, 0) is 23.3 Å². The van der Waals surface area contributed by atoms with E-state index in [0.29, 0.717) is 33.5 Å². The van der Waals surface area contributed by atoms with Crippen molar-refractivity contribution in [2.45, 2.75) is 39.0 Å². The van der Waals surface area contributed by atoms with E-state index in [-0.39, 0.29) is 12.3 Å². The third-order valence-electron chi connectivity index (χ3n) is 5.64. The number of benzene rings is 2. The third-order valence-corrected chi connectivity index (χ3v) is 5.99. The number of imide groups is 1. The van der Waals surface area contributed by atoms with Crippen LogP contribution in [0.3, 0.4) is 0 Å². The number of carbonyl (C=O) groups excluding carboxylic acids is 2. The Bertz CT molecular complexity index is 1310.